The van der Waals surface area contributed by atoms with Crippen molar-refractivity contribution < 1.29 is 14.4 Å². The zero-order valence-electron chi connectivity index (χ0n) is 14.7. The van der Waals surface area contributed by atoms with Gasteiger partial charge in [0, 0.05) is 45.9 Å². The van der Waals surface area contributed by atoms with Gasteiger partial charge in [-0.2, -0.15) is 0 Å². The van der Waals surface area contributed by atoms with Crippen LogP contribution in [0.15, 0.2) is 36.5 Å². The first-order valence-electron chi connectivity index (χ1n) is 8.22. The lowest BCUT2D eigenvalue weighted by Crippen LogP contribution is -2.39. The highest BCUT2D eigenvalue weighted by atomic mass is 16.2. The highest BCUT2D eigenvalue weighted by Gasteiger charge is 2.42. The fraction of sp³-hybridized carbons (Fsp3) is 0.389. The second-order valence-electron chi connectivity index (χ2n) is 6.39. The van der Waals surface area contributed by atoms with Gasteiger partial charge in [0.1, 0.15) is 6.04 Å². The zero-order valence-corrected chi connectivity index (χ0v) is 14.7. The Morgan fingerprint density at radius 3 is 2.56 bits per heavy atom. The Morgan fingerprint density at radius 2 is 1.88 bits per heavy atom. The van der Waals surface area contributed by atoms with Crippen molar-refractivity contribution in [3.05, 3.63) is 36.5 Å². The molecule has 3 rings (SSSR count). The number of fused-ring (bicyclic) bond motifs is 1. The van der Waals surface area contributed by atoms with Crippen molar-refractivity contribution in [2.45, 2.75) is 19.0 Å². The molecule has 0 spiro atoms. The molecule has 2 aromatic rings. The van der Waals surface area contributed by atoms with Crippen LogP contribution in [0.4, 0.5) is 4.79 Å². The van der Waals surface area contributed by atoms with Gasteiger partial charge in [-0.3, -0.25) is 14.5 Å². The van der Waals surface area contributed by atoms with E-state index in [1.807, 2.05) is 30.5 Å². The molecule has 7 nitrogen and oxygen atoms in total. The number of amides is 4. The fourth-order valence-corrected chi connectivity index (χ4v) is 3.12. The average molecular weight is 342 g/mol. The molecule has 1 saturated heterocycles. The fourth-order valence-electron chi connectivity index (χ4n) is 3.12. The molecule has 132 valence electrons. The molecular formula is C18H22N4O3. The molecule has 1 aromatic heterocycles. The van der Waals surface area contributed by atoms with Crippen LogP contribution in [0.25, 0.3) is 10.9 Å². The van der Waals surface area contributed by atoms with E-state index in [0.29, 0.717) is 13.1 Å². The van der Waals surface area contributed by atoms with Crippen LogP contribution >= 0.6 is 0 Å². The molecule has 1 aliphatic heterocycles. The van der Waals surface area contributed by atoms with Gasteiger partial charge in [0.2, 0.25) is 5.91 Å². The van der Waals surface area contributed by atoms with Gasteiger partial charge in [-0.05, 0) is 17.5 Å². The first-order valence-corrected chi connectivity index (χ1v) is 8.22. The lowest BCUT2D eigenvalue weighted by Gasteiger charge is -2.21. The molecule has 0 N–H and O–H groups in total. The van der Waals surface area contributed by atoms with E-state index in [1.165, 1.54) is 11.9 Å². The van der Waals surface area contributed by atoms with Crippen LogP contribution in [-0.4, -0.2) is 70.8 Å². The van der Waals surface area contributed by atoms with Crippen molar-refractivity contribution in [2.75, 3.05) is 27.7 Å². The minimum Gasteiger partial charge on any atom is -0.346 e. The summed E-state index contributed by atoms with van der Waals surface area (Å²) in [4.78, 5) is 40.3. The van der Waals surface area contributed by atoms with Gasteiger partial charge >= 0.3 is 6.03 Å². The van der Waals surface area contributed by atoms with Crippen LogP contribution in [0.5, 0.6) is 0 Å². The maximum atomic E-state index is 12.4. The molecule has 1 aliphatic rings. The third kappa shape index (κ3) is 3.09. The lowest BCUT2D eigenvalue weighted by atomic mass is 10.1. The predicted octanol–water partition coefficient (Wildman–Crippen LogP) is 1.38. The number of nitrogens with zero attached hydrogens (tertiary/aromatic N) is 4. The quantitative estimate of drug-likeness (QED) is 0.771. The normalized spacial score (nSPS) is 17.6. The predicted molar refractivity (Wildman–Crippen MR) is 93.9 cm³/mol. The first-order chi connectivity index (χ1) is 11.9. The van der Waals surface area contributed by atoms with E-state index in [2.05, 4.69) is 10.6 Å². The van der Waals surface area contributed by atoms with E-state index in [0.717, 1.165) is 15.8 Å². The van der Waals surface area contributed by atoms with Crippen molar-refractivity contribution in [3.63, 3.8) is 0 Å². The summed E-state index contributed by atoms with van der Waals surface area (Å²) >= 11 is 0. The van der Waals surface area contributed by atoms with E-state index < -0.39 is 6.04 Å². The van der Waals surface area contributed by atoms with Crippen molar-refractivity contribution in [1.82, 2.24) is 19.3 Å². The smallest absolute Gasteiger partial charge is 0.326 e. The molecule has 1 fully saturated rings. The average Bonchev–Trinajstić information content (AvgIpc) is 3.11. The topological polar surface area (TPSA) is 65.9 Å². The van der Waals surface area contributed by atoms with Crippen molar-refractivity contribution in [1.29, 1.82) is 0 Å². The van der Waals surface area contributed by atoms with Crippen molar-refractivity contribution in [3.8, 4) is 0 Å². The third-order valence-corrected chi connectivity index (χ3v) is 4.82. The number of para-hydroxylation sites is 1. The van der Waals surface area contributed by atoms with Crippen molar-refractivity contribution in [2.24, 2.45) is 0 Å². The van der Waals surface area contributed by atoms with Gasteiger partial charge in [0.25, 0.3) is 5.91 Å². The summed E-state index contributed by atoms with van der Waals surface area (Å²) in [5.41, 5.74) is 1.13. The van der Waals surface area contributed by atoms with Crippen LogP contribution in [0.2, 0.25) is 0 Å². The van der Waals surface area contributed by atoms with Gasteiger partial charge < -0.3 is 14.4 Å². The Morgan fingerprint density at radius 1 is 1.16 bits per heavy atom. The highest BCUT2D eigenvalue weighted by Crippen LogP contribution is 2.18. The Labute approximate surface area is 146 Å². The molecule has 2 heterocycles. The summed E-state index contributed by atoms with van der Waals surface area (Å²) in [6.07, 6.45) is 2.01. The van der Waals surface area contributed by atoms with Gasteiger partial charge in [0.05, 0.1) is 6.42 Å². The molecule has 0 saturated carbocycles. The number of hydrogen-bond donors (Lipinski definition) is 0. The number of likely N-dealkylation sites (N-methyl/N-ethyl adjacent to an activating group) is 3. The van der Waals surface area contributed by atoms with Gasteiger partial charge in [-0.25, -0.2) is 4.79 Å². The number of urea groups is 1. The first kappa shape index (κ1) is 17.0. The molecule has 1 aromatic carbocycles. The number of aromatic nitrogens is 1. The minimum atomic E-state index is -0.708. The Kier molecular flexibility index (Phi) is 4.48. The van der Waals surface area contributed by atoms with Crippen LogP contribution < -0.4 is 0 Å². The Bertz CT molecular complexity index is 829. The molecule has 7 heteroatoms. The second kappa shape index (κ2) is 6.58. The van der Waals surface area contributed by atoms with E-state index in [-0.39, 0.29) is 24.3 Å². The number of rotatable bonds is 5. The largest absolute Gasteiger partial charge is 0.346 e. The summed E-state index contributed by atoms with van der Waals surface area (Å²) in [5, 5.41) is 1.16. The number of imide groups is 1. The number of benzene rings is 1. The van der Waals surface area contributed by atoms with E-state index >= 15 is 0 Å². The molecule has 1 atom stereocenters. The summed E-state index contributed by atoms with van der Waals surface area (Å²) in [6, 6.07) is 9.05. The van der Waals surface area contributed by atoms with Crippen LogP contribution in [0, 0.1) is 0 Å². The van der Waals surface area contributed by atoms with Gasteiger partial charge in [-0.15, -0.1) is 0 Å². The summed E-state index contributed by atoms with van der Waals surface area (Å²) in [7, 11) is 4.71. The molecule has 0 bridgehead atoms. The minimum absolute atomic E-state index is 0.00827. The summed E-state index contributed by atoms with van der Waals surface area (Å²) in [5.74, 6) is -0.476. The Balaban J connectivity index is 1.60. The number of carbonyl (C=O) groups is 3. The molecule has 0 radical (unpaired) electrons. The molecule has 0 unspecified atom stereocenters. The Hall–Kier alpha value is -2.83. The number of carbonyl (C=O) groups excluding carboxylic acids is 3. The third-order valence-electron chi connectivity index (χ3n) is 4.82. The highest BCUT2D eigenvalue weighted by molar-refractivity contribution is 6.05. The zero-order chi connectivity index (χ0) is 18.1. The SMILES string of the molecule is CN(CCn1ccc2ccccc21)C(=O)C[C@H]1C(=O)N(C)C(=O)N1C. The molecular weight excluding hydrogens is 320 g/mol. The van der Waals surface area contributed by atoms with Crippen LogP contribution in [0.1, 0.15) is 6.42 Å². The van der Waals surface area contributed by atoms with Gasteiger partial charge in [0.15, 0.2) is 0 Å². The lowest BCUT2D eigenvalue weighted by molar-refractivity contribution is -0.135. The molecule has 25 heavy (non-hydrogen) atoms. The number of hydrogen-bond acceptors (Lipinski definition) is 3. The van der Waals surface area contributed by atoms with Crippen molar-refractivity contribution >= 4 is 28.7 Å². The summed E-state index contributed by atoms with van der Waals surface area (Å²) < 4.78 is 2.10. The molecule has 4 amide bonds. The monoisotopic (exact) mass is 342 g/mol. The molecule has 0 aliphatic carbocycles. The van der Waals surface area contributed by atoms with E-state index in [4.69, 9.17) is 0 Å². The van der Waals surface area contributed by atoms with Crippen LogP contribution in [-0.2, 0) is 16.1 Å². The maximum Gasteiger partial charge on any atom is 0.326 e. The summed E-state index contributed by atoms with van der Waals surface area (Å²) in [6.45, 7) is 1.20. The van der Waals surface area contributed by atoms with Gasteiger partial charge in [-0.1, -0.05) is 18.2 Å². The van der Waals surface area contributed by atoms with E-state index in [1.54, 1.807) is 19.0 Å². The van der Waals surface area contributed by atoms with Crippen LogP contribution in [0.3, 0.4) is 0 Å². The second-order valence-corrected chi connectivity index (χ2v) is 6.39. The standard InChI is InChI=1S/C18H22N4O3/c1-19(10-11-22-9-8-13-6-4-5-7-14(13)22)16(23)12-15-17(24)21(3)18(25)20(15)2/h4-9,15H,10-12H2,1-3H3/t15-/m0/s1. The van der Waals surface area contributed by atoms with E-state index in [9.17, 15) is 14.4 Å². The maximum absolute atomic E-state index is 12.4.